The van der Waals surface area contributed by atoms with Gasteiger partial charge in [-0.3, -0.25) is 4.79 Å². The highest BCUT2D eigenvalue weighted by molar-refractivity contribution is 5.90. The average molecular weight is 364 g/mol. The van der Waals surface area contributed by atoms with E-state index in [-0.39, 0.29) is 5.91 Å². The summed E-state index contributed by atoms with van der Waals surface area (Å²) in [6.45, 7) is 6.61. The van der Waals surface area contributed by atoms with Crippen molar-refractivity contribution in [2.45, 2.75) is 33.6 Å². The number of amides is 1. The fourth-order valence-corrected chi connectivity index (χ4v) is 2.93. The number of nitrogens with one attached hydrogen (secondary N) is 1. The molecule has 3 aromatic rings. The number of hydrogen-bond donors (Lipinski definition) is 1. The van der Waals surface area contributed by atoms with Gasteiger partial charge in [0.1, 0.15) is 5.75 Å². The quantitative estimate of drug-likeness (QED) is 0.646. The van der Waals surface area contributed by atoms with Crippen molar-refractivity contribution >= 4 is 11.6 Å². The minimum atomic E-state index is -0.0548. The number of aryl methyl sites for hydroxylation is 3. The van der Waals surface area contributed by atoms with Gasteiger partial charge in [0.05, 0.1) is 12.8 Å². The molecule has 0 fully saturated rings. The molecular weight excluding hydrogens is 340 g/mol. The number of carbonyl (C=O) groups excluding carboxylic acids is 1. The van der Waals surface area contributed by atoms with Crippen LogP contribution in [0.15, 0.2) is 53.1 Å². The lowest BCUT2D eigenvalue weighted by Gasteiger charge is -2.07. The van der Waals surface area contributed by atoms with Crippen LogP contribution in [0, 0.1) is 13.8 Å². The Hall–Kier alpha value is -3.08. The molecule has 0 aliphatic rings. The summed E-state index contributed by atoms with van der Waals surface area (Å²) in [4.78, 5) is 16.5. The maximum Gasteiger partial charge on any atom is 0.224 e. The van der Waals surface area contributed by atoms with Crippen molar-refractivity contribution in [2.24, 2.45) is 0 Å². The summed E-state index contributed by atoms with van der Waals surface area (Å²) >= 11 is 0. The van der Waals surface area contributed by atoms with Crippen LogP contribution in [-0.4, -0.2) is 17.5 Å². The molecule has 1 aromatic heterocycles. The van der Waals surface area contributed by atoms with E-state index in [2.05, 4.69) is 16.4 Å². The van der Waals surface area contributed by atoms with Gasteiger partial charge in [-0.25, -0.2) is 4.98 Å². The molecular formula is C22H24N2O3. The van der Waals surface area contributed by atoms with Crippen LogP contribution in [0.2, 0.25) is 0 Å². The van der Waals surface area contributed by atoms with Crippen LogP contribution < -0.4 is 10.1 Å². The molecule has 1 amide bonds. The van der Waals surface area contributed by atoms with E-state index in [4.69, 9.17) is 9.15 Å². The van der Waals surface area contributed by atoms with Crippen LogP contribution >= 0.6 is 0 Å². The van der Waals surface area contributed by atoms with Crippen molar-refractivity contribution in [3.05, 3.63) is 65.7 Å². The molecule has 5 nitrogen and oxygen atoms in total. The molecule has 5 heteroatoms. The van der Waals surface area contributed by atoms with Crippen LogP contribution in [-0.2, 0) is 11.2 Å². The summed E-state index contributed by atoms with van der Waals surface area (Å²) in [5.41, 5.74) is 3.99. The third-order valence-corrected chi connectivity index (χ3v) is 4.07. The predicted molar refractivity (Wildman–Crippen MR) is 106 cm³/mol. The third kappa shape index (κ3) is 5.20. The standard InChI is InChI=1S/C22H24N2O3/c1-4-26-19-7-5-17(6-8-19)20-14-23-22(27-20)10-9-21(25)24-18-12-15(2)11-16(3)13-18/h5-8,11-14H,4,9-10H2,1-3H3,(H,24,25). The summed E-state index contributed by atoms with van der Waals surface area (Å²) in [6.07, 6.45) is 2.46. The number of carbonyl (C=O) groups is 1. The number of ether oxygens (including phenoxy) is 1. The number of oxazole rings is 1. The Labute approximate surface area is 159 Å². The molecule has 27 heavy (non-hydrogen) atoms. The van der Waals surface area contributed by atoms with Gasteiger partial charge in [0.2, 0.25) is 5.91 Å². The van der Waals surface area contributed by atoms with Gasteiger partial charge >= 0.3 is 0 Å². The zero-order valence-corrected chi connectivity index (χ0v) is 15.9. The Balaban J connectivity index is 1.56. The Morgan fingerprint density at radius 2 is 1.81 bits per heavy atom. The van der Waals surface area contributed by atoms with E-state index >= 15 is 0 Å². The van der Waals surface area contributed by atoms with E-state index < -0.39 is 0 Å². The molecule has 0 spiro atoms. The van der Waals surface area contributed by atoms with Crippen LogP contribution in [0.3, 0.4) is 0 Å². The second-order valence-corrected chi connectivity index (χ2v) is 6.50. The molecule has 1 heterocycles. The Bertz CT molecular complexity index is 893. The Kier molecular flexibility index (Phi) is 5.91. The highest BCUT2D eigenvalue weighted by Crippen LogP contribution is 2.23. The number of anilines is 1. The van der Waals surface area contributed by atoms with Gasteiger partial charge in [-0.2, -0.15) is 0 Å². The first-order chi connectivity index (χ1) is 13.0. The molecule has 0 aliphatic heterocycles. The van der Waals surface area contributed by atoms with E-state index in [1.165, 1.54) is 0 Å². The fraction of sp³-hybridized carbons (Fsp3) is 0.273. The maximum absolute atomic E-state index is 12.2. The second kappa shape index (κ2) is 8.54. The number of hydrogen-bond acceptors (Lipinski definition) is 4. The molecule has 0 unspecified atom stereocenters. The van der Waals surface area contributed by atoms with Crippen LogP contribution in [0.4, 0.5) is 5.69 Å². The SMILES string of the molecule is CCOc1ccc(-c2cnc(CCC(=O)Nc3cc(C)cc(C)c3)o2)cc1. The summed E-state index contributed by atoms with van der Waals surface area (Å²) in [5, 5.41) is 2.93. The van der Waals surface area contributed by atoms with Crippen LogP contribution in [0.1, 0.15) is 30.4 Å². The van der Waals surface area contributed by atoms with Crippen molar-refractivity contribution in [1.82, 2.24) is 4.98 Å². The van der Waals surface area contributed by atoms with Gasteiger partial charge in [-0.15, -0.1) is 0 Å². The summed E-state index contributed by atoms with van der Waals surface area (Å²) in [7, 11) is 0. The van der Waals surface area contributed by atoms with Crippen molar-refractivity contribution in [3.63, 3.8) is 0 Å². The zero-order valence-electron chi connectivity index (χ0n) is 15.9. The topological polar surface area (TPSA) is 64.4 Å². The van der Waals surface area contributed by atoms with Gasteiger partial charge < -0.3 is 14.5 Å². The van der Waals surface area contributed by atoms with E-state index in [0.717, 1.165) is 28.1 Å². The highest BCUT2D eigenvalue weighted by Gasteiger charge is 2.10. The fourth-order valence-electron chi connectivity index (χ4n) is 2.93. The smallest absolute Gasteiger partial charge is 0.224 e. The van der Waals surface area contributed by atoms with Gasteiger partial charge in [-0.05, 0) is 68.3 Å². The first kappa shape index (κ1) is 18.7. The minimum absolute atomic E-state index is 0.0548. The molecule has 2 aromatic carbocycles. The number of rotatable bonds is 7. The molecule has 0 atom stereocenters. The predicted octanol–water partition coefficient (Wildman–Crippen LogP) is 4.93. The lowest BCUT2D eigenvalue weighted by Crippen LogP contribution is -2.12. The van der Waals surface area contributed by atoms with Crippen molar-refractivity contribution in [2.75, 3.05) is 11.9 Å². The average Bonchev–Trinajstić information content (AvgIpc) is 3.09. The van der Waals surface area contributed by atoms with Crippen LogP contribution in [0.25, 0.3) is 11.3 Å². The molecule has 3 rings (SSSR count). The maximum atomic E-state index is 12.2. The minimum Gasteiger partial charge on any atom is -0.494 e. The first-order valence-corrected chi connectivity index (χ1v) is 9.09. The molecule has 0 bridgehead atoms. The number of benzene rings is 2. The molecule has 140 valence electrons. The molecule has 0 saturated carbocycles. The van der Waals surface area contributed by atoms with Gasteiger partial charge in [-0.1, -0.05) is 6.07 Å². The Morgan fingerprint density at radius 3 is 2.48 bits per heavy atom. The van der Waals surface area contributed by atoms with E-state index in [9.17, 15) is 4.79 Å². The van der Waals surface area contributed by atoms with Crippen molar-refractivity contribution < 1.29 is 13.9 Å². The second-order valence-electron chi connectivity index (χ2n) is 6.50. The van der Waals surface area contributed by atoms with E-state index in [1.807, 2.05) is 57.2 Å². The number of aromatic nitrogens is 1. The number of nitrogens with zero attached hydrogens (tertiary/aromatic N) is 1. The highest BCUT2D eigenvalue weighted by atomic mass is 16.5. The first-order valence-electron chi connectivity index (χ1n) is 9.09. The van der Waals surface area contributed by atoms with Gasteiger partial charge in [0.15, 0.2) is 11.7 Å². The summed E-state index contributed by atoms with van der Waals surface area (Å²) in [6, 6.07) is 13.7. The monoisotopic (exact) mass is 364 g/mol. The molecule has 0 saturated heterocycles. The zero-order chi connectivity index (χ0) is 19.2. The normalized spacial score (nSPS) is 10.6. The van der Waals surface area contributed by atoms with Crippen molar-refractivity contribution in [1.29, 1.82) is 0 Å². The Morgan fingerprint density at radius 1 is 1.11 bits per heavy atom. The third-order valence-electron chi connectivity index (χ3n) is 4.07. The van der Waals surface area contributed by atoms with Gasteiger partial charge in [0, 0.05) is 24.1 Å². The lowest BCUT2D eigenvalue weighted by atomic mass is 10.1. The molecule has 1 N–H and O–H groups in total. The van der Waals surface area contributed by atoms with E-state index in [0.29, 0.717) is 31.1 Å². The van der Waals surface area contributed by atoms with E-state index in [1.54, 1.807) is 6.20 Å². The van der Waals surface area contributed by atoms with Gasteiger partial charge in [0.25, 0.3) is 0 Å². The molecule has 0 aliphatic carbocycles. The summed E-state index contributed by atoms with van der Waals surface area (Å²) in [5.74, 6) is 2.00. The van der Waals surface area contributed by atoms with Crippen molar-refractivity contribution in [3.8, 4) is 17.1 Å². The molecule has 0 radical (unpaired) electrons. The van der Waals surface area contributed by atoms with Crippen LogP contribution in [0.5, 0.6) is 5.75 Å². The largest absolute Gasteiger partial charge is 0.494 e. The lowest BCUT2D eigenvalue weighted by molar-refractivity contribution is -0.116. The summed E-state index contributed by atoms with van der Waals surface area (Å²) < 4.78 is 11.2.